The van der Waals surface area contributed by atoms with Crippen molar-refractivity contribution in [3.8, 4) is 11.4 Å². The molecule has 4 aromatic rings. The fourth-order valence-corrected chi connectivity index (χ4v) is 3.07. The van der Waals surface area contributed by atoms with Gasteiger partial charge in [0, 0.05) is 16.6 Å². The second-order valence-electron chi connectivity index (χ2n) is 5.99. The van der Waals surface area contributed by atoms with Crippen molar-refractivity contribution in [1.82, 2.24) is 24.7 Å². The number of benzene rings is 1. The Kier molecular flexibility index (Phi) is 4.27. The Balaban J connectivity index is 1.92. The van der Waals surface area contributed by atoms with E-state index in [2.05, 4.69) is 20.1 Å². The van der Waals surface area contributed by atoms with Gasteiger partial charge in [0.1, 0.15) is 22.5 Å². The van der Waals surface area contributed by atoms with Gasteiger partial charge in [0.05, 0.1) is 31.0 Å². The van der Waals surface area contributed by atoms with Gasteiger partial charge >= 0.3 is 5.97 Å². The molecule has 0 saturated heterocycles. The van der Waals surface area contributed by atoms with Gasteiger partial charge < -0.3 is 20.3 Å². The number of aromatic nitrogens is 5. The van der Waals surface area contributed by atoms with Crippen LogP contribution in [0.2, 0.25) is 5.02 Å². The van der Waals surface area contributed by atoms with Crippen molar-refractivity contribution in [2.45, 2.75) is 12.6 Å². The first-order valence-corrected chi connectivity index (χ1v) is 8.38. The highest BCUT2D eigenvalue weighted by Crippen LogP contribution is 2.30. The fourth-order valence-electron chi connectivity index (χ4n) is 2.90. The summed E-state index contributed by atoms with van der Waals surface area (Å²) in [4.78, 5) is 22.8. The molecule has 0 spiro atoms. The van der Waals surface area contributed by atoms with Crippen molar-refractivity contribution in [3.05, 3.63) is 41.2 Å². The quantitative estimate of drug-likeness (QED) is 0.408. The molecule has 0 bridgehead atoms. The smallest absolute Gasteiger partial charge is 0.339 e. The van der Waals surface area contributed by atoms with Gasteiger partial charge in [-0.1, -0.05) is 11.6 Å². The van der Waals surface area contributed by atoms with Crippen LogP contribution in [-0.2, 0) is 6.54 Å². The van der Waals surface area contributed by atoms with Crippen molar-refractivity contribution >= 4 is 39.6 Å². The number of halogens is 1. The number of rotatable bonds is 5. The van der Waals surface area contributed by atoms with E-state index in [0.29, 0.717) is 33.0 Å². The van der Waals surface area contributed by atoms with Crippen molar-refractivity contribution in [2.75, 3.05) is 6.61 Å². The lowest BCUT2D eigenvalue weighted by Crippen LogP contribution is -2.20. The van der Waals surface area contributed by atoms with Crippen LogP contribution < -0.4 is 0 Å². The lowest BCUT2D eigenvalue weighted by Gasteiger charge is -2.08. The number of aliphatic hydroxyl groups is 2. The second kappa shape index (κ2) is 6.62. The number of nitrogens with zero attached hydrogens (tertiary/aromatic N) is 4. The monoisotopic (exact) mass is 387 g/mol. The molecule has 10 heteroatoms. The number of aliphatic hydroxyl groups excluding tert-OH is 2. The van der Waals surface area contributed by atoms with E-state index in [0.717, 1.165) is 0 Å². The first-order valence-electron chi connectivity index (χ1n) is 8.00. The Bertz CT molecular complexity index is 1170. The maximum atomic E-state index is 11.4. The Morgan fingerprint density at radius 1 is 1.37 bits per heavy atom. The van der Waals surface area contributed by atoms with E-state index in [1.807, 2.05) is 0 Å². The largest absolute Gasteiger partial charge is 0.478 e. The summed E-state index contributed by atoms with van der Waals surface area (Å²) in [5.41, 5.74) is 2.11. The molecule has 0 amide bonds. The molecule has 0 aliphatic rings. The summed E-state index contributed by atoms with van der Waals surface area (Å²) in [6.45, 7) is -0.345. The third-order valence-corrected chi connectivity index (χ3v) is 4.40. The zero-order chi connectivity index (χ0) is 19.1. The van der Waals surface area contributed by atoms with E-state index in [-0.39, 0.29) is 17.6 Å². The van der Waals surface area contributed by atoms with Crippen LogP contribution in [0.1, 0.15) is 10.4 Å². The number of H-pyrrole nitrogens is 1. The first kappa shape index (κ1) is 17.4. The Morgan fingerprint density at radius 3 is 2.93 bits per heavy atom. The minimum absolute atomic E-state index is 0.0156. The van der Waals surface area contributed by atoms with Gasteiger partial charge in [0.2, 0.25) is 0 Å². The van der Waals surface area contributed by atoms with Gasteiger partial charge in [0.15, 0.2) is 5.65 Å². The summed E-state index contributed by atoms with van der Waals surface area (Å²) in [7, 11) is 0. The number of hydrogen-bond donors (Lipinski definition) is 4. The summed E-state index contributed by atoms with van der Waals surface area (Å²) >= 11 is 6.09. The number of hydrogen-bond acceptors (Lipinski definition) is 6. The highest BCUT2D eigenvalue weighted by atomic mass is 35.5. The fraction of sp³-hybridized carbons (Fsp3) is 0.176. The summed E-state index contributed by atoms with van der Waals surface area (Å²) in [5, 5.41) is 33.9. The van der Waals surface area contributed by atoms with Crippen LogP contribution in [0, 0.1) is 0 Å². The van der Waals surface area contributed by atoms with Crippen LogP contribution in [0.15, 0.2) is 30.6 Å². The standard InChI is InChI=1S/C17H14ClN5O4/c18-8-1-2-10-13(3-8)23(6-9(25)7-24)22-14(10)12-5-20-16-15(21-12)11(4-19-16)17(26)27/h1-5,9,24-25H,6-7H2,(H,19,20)(H,26,27). The lowest BCUT2D eigenvalue weighted by atomic mass is 10.1. The van der Waals surface area contributed by atoms with Crippen LogP contribution in [-0.4, -0.2) is 58.7 Å². The van der Waals surface area contributed by atoms with Gasteiger partial charge in [-0.15, -0.1) is 0 Å². The van der Waals surface area contributed by atoms with Crippen LogP contribution in [0.25, 0.3) is 33.5 Å². The molecule has 4 N–H and O–H groups in total. The topological polar surface area (TPSA) is 137 Å². The molecular weight excluding hydrogens is 374 g/mol. The minimum Gasteiger partial charge on any atom is -0.478 e. The number of aromatic amines is 1. The molecule has 0 aliphatic carbocycles. The molecule has 0 radical (unpaired) electrons. The number of carboxylic acids is 1. The molecule has 27 heavy (non-hydrogen) atoms. The zero-order valence-electron chi connectivity index (χ0n) is 13.8. The third-order valence-electron chi connectivity index (χ3n) is 4.16. The summed E-state index contributed by atoms with van der Waals surface area (Å²) < 4.78 is 1.53. The summed E-state index contributed by atoms with van der Waals surface area (Å²) in [6.07, 6.45) is 1.84. The first-order chi connectivity index (χ1) is 13.0. The van der Waals surface area contributed by atoms with E-state index < -0.39 is 18.7 Å². The van der Waals surface area contributed by atoms with Crippen molar-refractivity contribution < 1.29 is 20.1 Å². The maximum Gasteiger partial charge on any atom is 0.339 e. The number of aromatic carboxylic acids is 1. The molecule has 138 valence electrons. The van der Waals surface area contributed by atoms with Gasteiger partial charge in [-0.05, 0) is 18.2 Å². The van der Waals surface area contributed by atoms with E-state index in [1.54, 1.807) is 18.2 Å². The third kappa shape index (κ3) is 3.01. The number of carboxylic acid groups (broad SMARTS) is 1. The molecule has 3 heterocycles. The van der Waals surface area contributed by atoms with E-state index >= 15 is 0 Å². The molecule has 0 fully saturated rings. The molecule has 4 rings (SSSR count). The molecule has 3 aromatic heterocycles. The maximum absolute atomic E-state index is 11.4. The van der Waals surface area contributed by atoms with Gasteiger partial charge in [-0.3, -0.25) is 4.68 Å². The molecule has 1 aromatic carbocycles. The molecule has 1 atom stereocenters. The molecular formula is C17H14ClN5O4. The normalized spacial score (nSPS) is 12.7. The van der Waals surface area contributed by atoms with Crippen LogP contribution >= 0.6 is 11.6 Å². The van der Waals surface area contributed by atoms with Crippen molar-refractivity contribution in [1.29, 1.82) is 0 Å². The Labute approximate surface area is 156 Å². The van der Waals surface area contributed by atoms with Gasteiger partial charge in [-0.2, -0.15) is 5.10 Å². The number of fused-ring (bicyclic) bond motifs is 2. The van der Waals surface area contributed by atoms with Crippen LogP contribution in [0.3, 0.4) is 0 Å². The highest BCUT2D eigenvalue weighted by Gasteiger charge is 2.19. The number of carbonyl (C=O) groups is 1. The minimum atomic E-state index is -1.11. The Hall–Kier alpha value is -3.01. The van der Waals surface area contributed by atoms with E-state index in [9.17, 15) is 15.0 Å². The molecule has 9 nitrogen and oxygen atoms in total. The van der Waals surface area contributed by atoms with Gasteiger partial charge in [0.25, 0.3) is 0 Å². The Morgan fingerprint density at radius 2 is 2.19 bits per heavy atom. The van der Waals surface area contributed by atoms with E-state index in [4.69, 9.17) is 16.7 Å². The molecule has 0 saturated carbocycles. The average molecular weight is 388 g/mol. The van der Waals surface area contributed by atoms with Gasteiger partial charge in [-0.25, -0.2) is 14.8 Å². The van der Waals surface area contributed by atoms with Crippen molar-refractivity contribution in [3.63, 3.8) is 0 Å². The highest BCUT2D eigenvalue weighted by molar-refractivity contribution is 6.31. The zero-order valence-corrected chi connectivity index (χ0v) is 14.6. The summed E-state index contributed by atoms with van der Waals surface area (Å²) in [6, 6.07) is 5.16. The molecule has 0 aliphatic heterocycles. The van der Waals surface area contributed by atoms with E-state index in [1.165, 1.54) is 17.1 Å². The SMILES string of the molecule is O=C(O)c1c[nH]c2ncc(-c3nn(CC(O)CO)c4cc(Cl)ccc34)nc12. The second-order valence-corrected chi connectivity index (χ2v) is 6.42. The lowest BCUT2D eigenvalue weighted by molar-refractivity contribution is 0.0699. The van der Waals surface area contributed by atoms with Crippen molar-refractivity contribution in [2.24, 2.45) is 0 Å². The molecule has 1 unspecified atom stereocenters. The van der Waals surface area contributed by atoms with Crippen LogP contribution in [0.4, 0.5) is 0 Å². The predicted octanol–water partition coefficient (Wildman–Crippen LogP) is 1.68. The predicted molar refractivity (Wildman–Crippen MR) is 97.7 cm³/mol. The summed E-state index contributed by atoms with van der Waals surface area (Å²) in [5.74, 6) is -1.11. The van der Waals surface area contributed by atoms with Crippen LogP contribution in [0.5, 0.6) is 0 Å². The average Bonchev–Trinajstić information content (AvgIpc) is 3.22. The number of nitrogens with one attached hydrogen (secondary N) is 1.